The average molecular weight is 294 g/mol. The van der Waals surface area contributed by atoms with Crippen LogP contribution < -0.4 is 4.90 Å². The number of aryl methyl sites for hydroxylation is 1. The van der Waals surface area contributed by atoms with E-state index in [-0.39, 0.29) is 18.2 Å². The van der Waals surface area contributed by atoms with Crippen molar-refractivity contribution in [2.45, 2.75) is 19.3 Å². The van der Waals surface area contributed by atoms with Gasteiger partial charge >= 0.3 is 0 Å². The molecule has 1 aromatic carbocycles. The Balaban J connectivity index is 1.79. The fourth-order valence-electron chi connectivity index (χ4n) is 2.90. The van der Waals surface area contributed by atoms with E-state index in [0.717, 1.165) is 24.1 Å². The minimum atomic E-state index is -3.21. The number of para-hydroxylation sites is 1. The molecule has 1 fully saturated rings. The normalized spacial score (nSPS) is 21.7. The van der Waals surface area contributed by atoms with Crippen LogP contribution in [0.25, 0.3) is 0 Å². The summed E-state index contributed by atoms with van der Waals surface area (Å²) in [6.45, 7) is 1.10. The number of carbonyl (C=O) groups excluding carboxylic acids is 1. The van der Waals surface area contributed by atoms with Crippen molar-refractivity contribution in [3.63, 3.8) is 0 Å². The quantitative estimate of drug-likeness (QED) is 0.817. The Morgan fingerprint density at radius 3 is 2.70 bits per heavy atom. The molecule has 1 aromatic rings. The molecule has 1 amide bonds. The van der Waals surface area contributed by atoms with E-state index in [9.17, 15) is 13.2 Å². The Morgan fingerprint density at radius 1 is 1.15 bits per heavy atom. The molecule has 2 aliphatic heterocycles. The molecule has 2 aliphatic rings. The molecule has 0 aromatic heterocycles. The Morgan fingerprint density at radius 2 is 1.95 bits per heavy atom. The Kier molecular flexibility index (Phi) is 3.52. The second-order valence-electron chi connectivity index (χ2n) is 5.28. The largest absolute Gasteiger partial charge is 0.311 e. The van der Waals surface area contributed by atoms with Gasteiger partial charge in [-0.15, -0.1) is 0 Å². The summed E-state index contributed by atoms with van der Waals surface area (Å²) in [6.07, 6.45) is 2.52. The van der Waals surface area contributed by atoms with Gasteiger partial charge in [0.15, 0.2) is 0 Å². The van der Waals surface area contributed by atoms with Crippen LogP contribution in [-0.4, -0.2) is 44.0 Å². The summed E-state index contributed by atoms with van der Waals surface area (Å²) >= 11 is 0. The molecule has 2 heterocycles. The van der Waals surface area contributed by atoms with Gasteiger partial charge in [-0.25, -0.2) is 8.42 Å². The number of nitrogens with zero attached hydrogens (tertiary/aromatic N) is 2. The van der Waals surface area contributed by atoms with Gasteiger partial charge in [-0.2, -0.15) is 4.31 Å². The van der Waals surface area contributed by atoms with Crippen molar-refractivity contribution in [3.05, 3.63) is 29.8 Å². The molecule has 0 radical (unpaired) electrons. The lowest BCUT2D eigenvalue weighted by molar-refractivity contribution is -0.118. The van der Waals surface area contributed by atoms with E-state index >= 15 is 0 Å². The van der Waals surface area contributed by atoms with Crippen molar-refractivity contribution in [3.8, 4) is 0 Å². The molecule has 20 heavy (non-hydrogen) atoms. The van der Waals surface area contributed by atoms with Gasteiger partial charge in [0.05, 0.1) is 12.3 Å². The van der Waals surface area contributed by atoms with Crippen molar-refractivity contribution >= 4 is 21.6 Å². The smallest absolute Gasteiger partial charge is 0.242 e. The molecule has 0 saturated carbocycles. The first-order chi connectivity index (χ1) is 9.58. The van der Waals surface area contributed by atoms with Gasteiger partial charge in [0.2, 0.25) is 15.9 Å². The molecule has 6 heteroatoms. The number of hydrogen-bond acceptors (Lipinski definition) is 3. The van der Waals surface area contributed by atoms with Crippen LogP contribution in [0.1, 0.15) is 18.4 Å². The van der Waals surface area contributed by atoms with Gasteiger partial charge in [-0.1, -0.05) is 18.2 Å². The predicted molar refractivity (Wildman–Crippen MR) is 77.1 cm³/mol. The second-order valence-corrected chi connectivity index (χ2v) is 7.37. The lowest BCUT2D eigenvalue weighted by Gasteiger charge is -2.30. The first-order valence-electron chi connectivity index (χ1n) is 6.94. The molecule has 0 atom stereocenters. The van der Waals surface area contributed by atoms with Crippen LogP contribution in [-0.2, 0) is 21.2 Å². The Hall–Kier alpha value is -1.40. The zero-order valence-corrected chi connectivity index (χ0v) is 12.1. The highest BCUT2D eigenvalue weighted by Crippen LogP contribution is 2.27. The van der Waals surface area contributed by atoms with Gasteiger partial charge in [0.1, 0.15) is 0 Å². The molecule has 3 rings (SSSR count). The Bertz CT molecular complexity index is 627. The van der Waals surface area contributed by atoms with Gasteiger partial charge < -0.3 is 4.90 Å². The van der Waals surface area contributed by atoms with Gasteiger partial charge in [0.25, 0.3) is 0 Å². The van der Waals surface area contributed by atoms with Crippen LogP contribution in [0, 0.1) is 0 Å². The maximum atomic E-state index is 12.4. The van der Waals surface area contributed by atoms with E-state index in [1.807, 2.05) is 24.3 Å². The molecule has 0 N–H and O–H groups in total. The summed E-state index contributed by atoms with van der Waals surface area (Å²) in [5.74, 6) is 0.0410. The highest BCUT2D eigenvalue weighted by molar-refractivity contribution is 7.89. The third-order valence-electron chi connectivity index (χ3n) is 3.93. The average Bonchev–Trinajstić information content (AvgIpc) is 2.77. The molecule has 1 saturated heterocycles. The standard InChI is InChI=1S/C14H18N2O3S/c17-14(11-15-8-4-10-20(15,18)19)16-9-3-6-12-5-1-2-7-13(12)16/h1-2,5,7H,3-4,6,8-11H2. The number of benzene rings is 1. The molecule has 0 unspecified atom stereocenters. The summed E-state index contributed by atoms with van der Waals surface area (Å²) in [4.78, 5) is 14.2. The van der Waals surface area contributed by atoms with Crippen LogP contribution in [0.5, 0.6) is 0 Å². The monoisotopic (exact) mass is 294 g/mol. The van der Waals surface area contributed by atoms with Crippen LogP contribution >= 0.6 is 0 Å². The van der Waals surface area contributed by atoms with E-state index in [4.69, 9.17) is 0 Å². The molecule has 0 aliphatic carbocycles. The zero-order chi connectivity index (χ0) is 14.2. The number of hydrogen-bond donors (Lipinski definition) is 0. The molecular formula is C14H18N2O3S. The third kappa shape index (κ3) is 2.45. The number of anilines is 1. The van der Waals surface area contributed by atoms with Gasteiger partial charge in [-0.05, 0) is 30.9 Å². The SMILES string of the molecule is O=C(CN1CCCS1(=O)=O)N1CCCc2ccccc21. The predicted octanol–water partition coefficient (Wildman–Crippen LogP) is 1.00. The van der Waals surface area contributed by atoms with E-state index in [1.165, 1.54) is 4.31 Å². The lowest BCUT2D eigenvalue weighted by atomic mass is 10.0. The van der Waals surface area contributed by atoms with E-state index in [2.05, 4.69) is 0 Å². The number of rotatable bonds is 2. The summed E-state index contributed by atoms with van der Waals surface area (Å²) in [5, 5.41) is 0. The number of amides is 1. The van der Waals surface area contributed by atoms with Crippen LogP contribution in [0.3, 0.4) is 0 Å². The van der Waals surface area contributed by atoms with Crippen LogP contribution in [0.15, 0.2) is 24.3 Å². The second kappa shape index (κ2) is 5.18. The fourth-order valence-corrected chi connectivity index (χ4v) is 4.36. The summed E-state index contributed by atoms with van der Waals surface area (Å²) in [6, 6.07) is 7.85. The van der Waals surface area contributed by atoms with Gasteiger partial charge in [0, 0.05) is 18.8 Å². The first kappa shape index (κ1) is 13.6. The maximum absolute atomic E-state index is 12.4. The molecular weight excluding hydrogens is 276 g/mol. The van der Waals surface area contributed by atoms with E-state index in [0.29, 0.717) is 19.5 Å². The van der Waals surface area contributed by atoms with E-state index < -0.39 is 10.0 Å². The summed E-state index contributed by atoms with van der Waals surface area (Å²) in [5.41, 5.74) is 2.09. The summed E-state index contributed by atoms with van der Waals surface area (Å²) in [7, 11) is -3.21. The van der Waals surface area contributed by atoms with Gasteiger partial charge in [-0.3, -0.25) is 4.79 Å². The van der Waals surface area contributed by atoms with Crippen molar-refractivity contribution in [1.82, 2.24) is 4.31 Å². The van der Waals surface area contributed by atoms with Crippen LogP contribution in [0.4, 0.5) is 5.69 Å². The third-order valence-corrected chi connectivity index (χ3v) is 5.83. The molecule has 0 bridgehead atoms. The number of sulfonamides is 1. The Labute approximate surface area is 119 Å². The van der Waals surface area contributed by atoms with E-state index in [1.54, 1.807) is 4.90 Å². The maximum Gasteiger partial charge on any atom is 0.242 e. The number of fused-ring (bicyclic) bond motifs is 1. The lowest BCUT2D eigenvalue weighted by Crippen LogP contribution is -2.43. The topological polar surface area (TPSA) is 57.7 Å². The highest BCUT2D eigenvalue weighted by atomic mass is 32.2. The highest BCUT2D eigenvalue weighted by Gasteiger charge is 2.32. The van der Waals surface area contributed by atoms with Crippen molar-refractivity contribution in [2.24, 2.45) is 0 Å². The zero-order valence-electron chi connectivity index (χ0n) is 11.3. The minimum absolute atomic E-state index is 0.0311. The molecule has 5 nitrogen and oxygen atoms in total. The number of carbonyl (C=O) groups is 1. The van der Waals surface area contributed by atoms with Crippen LogP contribution in [0.2, 0.25) is 0 Å². The molecule has 108 valence electrons. The van der Waals surface area contributed by atoms with Crippen molar-refractivity contribution in [1.29, 1.82) is 0 Å². The molecule has 0 spiro atoms. The minimum Gasteiger partial charge on any atom is -0.311 e. The summed E-state index contributed by atoms with van der Waals surface area (Å²) < 4.78 is 24.9. The van der Waals surface area contributed by atoms with Crippen molar-refractivity contribution in [2.75, 3.05) is 30.3 Å². The first-order valence-corrected chi connectivity index (χ1v) is 8.55. The fraction of sp³-hybridized carbons (Fsp3) is 0.500. The van der Waals surface area contributed by atoms with Crippen molar-refractivity contribution < 1.29 is 13.2 Å².